The van der Waals surface area contributed by atoms with Crippen LogP contribution in [-0.2, 0) is 11.3 Å². The Labute approximate surface area is 205 Å². The van der Waals surface area contributed by atoms with Gasteiger partial charge in [0.1, 0.15) is 5.75 Å². The second-order valence-electron chi connectivity index (χ2n) is 7.58. The van der Waals surface area contributed by atoms with Gasteiger partial charge in [-0.05, 0) is 42.5 Å². The van der Waals surface area contributed by atoms with Crippen molar-refractivity contribution in [3.05, 3.63) is 86.8 Å². The molecule has 3 rings (SSSR count). The van der Waals surface area contributed by atoms with Gasteiger partial charge in [-0.3, -0.25) is 9.59 Å². The number of urea groups is 1. The van der Waals surface area contributed by atoms with Crippen LogP contribution in [0.2, 0.25) is 5.02 Å². The standard InChI is InChI=1S/C24H24ClN3O5S/c1-14-12-28(13-16-5-3-4-6-18(16)25)23(32)21(22(14)31)27-24(33)26-19(11-20(29)30)15-7-9-17(34-2)10-8-15/h3-10,12,19,31H,11,13H2,1-2H3,(H,29,30)(H2,26,27,33). The van der Waals surface area contributed by atoms with Crippen molar-refractivity contribution in [1.82, 2.24) is 9.88 Å². The summed E-state index contributed by atoms with van der Waals surface area (Å²) < 4.78 is 1.34. The topological polar surface area (TPSA) is 121 Å². The number of hydrogen-bond acceptors (Lipinski definition) is 5. The molecule has 1 unspecified atom stereocenters. The van der Waals surface area contributed by atoms with Gasteiger partial charge in [-0.15, -0.1) is 11.8 Å². The van der Waals surface area contributed by atoms with Gasteiger partial charge in [0.05, 0.1) is 19.0 Å². The highest BCUT2D eigenvalue weighted by Crippen LogP contribution is 2.25. The molecule has 2 aromatic carbocycles. The number of aliphatic carboxylic acids is 1. The van der Waals surface area contributed by atoms with Gasteiger partial charge in [0.2, 0.25) is 0 Å². The lowest BCUT2D eigenvalue weighted by Gasteiger charge is -2.19. The first kappa shape index (κ1) is 25.2. The predicted octanol–water partition coefficient (Wildman–Crippen LogP) is 4.62. The van der Waals surface area contributed by atoms with Gasteiger partial charge in [0, 0.05) is 21.7 Å². The molecule has 2 amide bonds. The van der Waals surface area contributed by atoms with Crippen LogP contribution in [0.3, 0.4) is 0 Å². The molecule has 0 saturated heterocycles. The highest BCUT2D eigenvalue weighted by atomic mass is 35.5. The first-order valence-corrected chi connectivity index (χ1v) is 11.9. The van der Waals surface area contributed by atoms with E-state index in [9.17, 15) is 24.6 Å². The van der Waals surface area contributed by atoms with Crippen molar-refractivity contribution in [3.8, 4) is 5.75 Å². The highest BCUT2D eigenvalue weighted by molar-refractivity contribution is 7.98. The third-order valence-electron chi connectivity index (χ3n) is 5.17. The maximum absolute atomic E-state index is 13.0. The van der Waals surface area contributed by atoms with Crippen molar-refractivity contribution in [2.45, 2.75) is 30.8 Å². The van der Waals surface area contributed by atoms with E-state index in [1.165, 1.54) is 22.5 Å². The maximum Gasteiger partial charge on any atom is 0.319 e. The number of halogens is 1. The van der Waals surface area contributed by atoms with E-state index in [1.54, 1.807) is 43.3 Å². The van der Waals surface area contributed by atoms with Crippen LogP contribution in [0.4, 0.5) is 10.5 Å². The zero-order valence-corrected chi connectivity index (χ0v) is 20.1. The quantitative estimate of drug-likeness (QED) is 0.334. The summed E-state index contributed by atoms with van der Waals surface area (Å²) in [6.07, 6.45) is 3.04. The molecule has 0 aliphatic carbocycles. The molecule has 0 aliphatic rings. The van der Waals surface area contributed by atoms with Crippen molar-refractivity contribution in [2.24, 2.45) is 0 Å². The number of thioether (sulfide) groups is 1. The maximum atomic E-state index is 13.0. The number of aryl methyl sites for hydroxylation is 1. The van der Waals surface area contributed by atoms with Crippen LogP contribution in [0, 0.1) is 6.92 Å². The van der Waals surface area contributed by atoms with Crippen molar-refractivity contribution in [3.63, 3.8) is 0 Å². The van der Waals surface area contributed by atoms with Crippen molar-refractivity contribution in [2.75, 3.05) is 11.6 Å². The number of nitrogens with zero attached hydrogens (tertiary/aromatic N) is 1. The molecule has 178 valence electrons. The summed E-state index contributed by atoms with van der Waals surface area (Å²) in [4.78, 5) is 38.1. The van der Waals surface area contributed by atoms with Crippen LogP contribution in [0.5, 0.6) is 5.75 Å². The summed E-state index contributed by atoms with van der Waals surface area (Å²) in [5.74, 6) is -1.46. The molecule has 0 aliphatic heterocycles. The molecular weight excluding hydrogens is 478 g/mol. The van der Waals surface area contributed by atoms with E-state index in [2.05, 4.69) is 10.6 Å². The Balaban J connectivity index is 1.85. The molecule has 4 N–H and O–H groups in total. The number of aromatic hydroxyl groups is 1. The van der Waals surface area contributed by atoms with Gasteiger partial charge in [-0.1, -0.05) is 41.9 Å². The second kappa shape index (κ2) is 11.1. The van der Waals surface area contributed by atoms with Gasteiger partial charge < -0.3 is 25.4 Å². The van der Waals surface area contributed by atoms with Crippen molar-refractivity contribution < 1.29 is 19.8 Å². The Morgan fingerprint density at radius 1 is 1.15 bits per heavy atom. The zero-order valence-electron chi connectivity index (χ0n) is 18.5. The summed E-state index contributed by atoms with van der Waals surface area (Å²) in [5, 5.41) is 25.2. The van der Waals surface area contributed by atoms with Crippen LogP contribution < -0.4 is 16.2 Å². The first-order chi connectivity index (χ1) is 16.2. The molecule has 8 nitrogen and oxygen atoms in total. The lowest BCUT2D eigenvalue weighted by atomic mass is 10.0. The molecular formula is C24H24ClN3O5S. The molecule has 34 heavy (non-hydrogen) atoms. The minimum absolute atomic E-state index is 0.138. The lowest BCUT2D eigenvalue weighted by molar-refractivity contribution is -0.137. The zero-order chi connectivity index (χ0) is 24.8. The number of carbonyl (C=O) groups is 2. The summed E-state index contributed by atoms with van der Waals surface area (Å²) in [6.45, 7) is 1.74. The molecule has 0 bridgehead atoms. The number of amides is 2. The Morgan fingerprint density at radius 2 is 1.82 bits per heavy atom. The minimum atomic E-state index is -1.10. The Morgan fingerprint density at radius 3 is 2.44 bits per heavy atom. The molecule has 0 saturated carbocycles. The third kappa shape index (κ3) is 6.12. The lowest BCUT2D eigenvalue weighted by Crippen LogP contribution is -2.36. The van der Waals surface area contributed by atoms with Crippen LogP contribution in [0.25, 0.3) is 0 Å². The van der Waals surface area contributed by atoms with Crippen molar-refractivity contribution in [1.29, 1.82) is 0 Å². The molecule has 3 aromatic rings. The summed E-state index contributed by atoms with van der Waals surface area (Å²) in [7, 11) is 0. The number of benzene rings is 2. The predicted molar refractivity (Wildman–Crippen MR) is 133 cm³/mol. The van der Waals surface area contributed by atoms with Gasteiger partial charge in [-0.2, -0.15) is 0 Å². The molecule has 0 radical (unpaired) electrons. The van der Waals surface area contributed by atoms with E-state index in [0.717, 1.165) is 4.90 Å². The number of anilines is 1. The van der Waals surface area contributed by atoms with E-state index >= 15 is 0 Å². The number of carboxylic acids is 1. The van der Waals surface area contributed by atoms with E-state index < -0.39 is 23.6 Å². The number of nitrogens with one attached hydrogen (secondary N) is 2. The number of carboxylic acid groups (broad SMARTS) is 1. The second-order valence-corrected chi connectivity index (χ2v) is 8.87. The smallest absolute Gasteiger partial charge is 0.319 e. The van der Waals surface area contributed by atoms with Gasteiger partial charge >= 0.3 is 12.0 Å². The molecule has 10 heteroatoms. The fraction of sp³-hybridized carbons (Fsp3) is 0.208. The van der Waals surface area contributed by atoms with Crippen LogP contribution in [-0.4, -0.2) is 33.0 Å². The number of carbonyl (C=O) groups excluding carboxylic acids is 1. The summed E-state index contributed by atoms with van der Waals surface area (Å²) in [6, 6.07) is 12.5. The largest absolute Gasteiger partial charge is 0.505 e. The van der Waals surface area contributed by atoms with Crippen LogP contribution >= 0.6 is 23.4 Å². The average Bonchev–Trinajstić information content (AvgIpc) is 2.81. The number of hydrogen-bond donors (Lipinski definition) is 4. The normalized spacial score (nSPS) is 11.6. The van der Waals surface area contributed by atoms with Crippen molar-refractivity contribution >= 4 is 41.1 Å². The van der Waals surface area contributed by atoms with Crippen LogP contribution in [0.15, 0.2) is 64.4 Å². The first-order valence-electron chi connectivity index (χ1n) is 10.3. The number of aromatic nitrogens is 1. The fourth-order valence-electron chi connectivity index (χ4n) is 3.41. The molecule has 1 aromatic heterocycles. The van der Waals surface area contributed by atoms with E-state index in [-0.39, 0.29) is 24.4 Å². The fourth-order valence-corrected chi connectivity index (χ4v) is 4.01. The van der Waals surface area contributed by atoms with E-state index in [1.807, 2.05) is 18.4 Å². The average molecular weight is 502 g/mol. The van der Waals surface area contributed by atoms with E-state index in [0.29, 0.717) is 21.7 Å². The number of rotatable bonds is 8. The van der Waals surface area contributed by atoms with Gasteiger partial charge in [0.25, 0.3) is 5.56 Å². The SMILES string of the molecule is CSc1ccc(C(CC(=O)O)NC(=O)Nc2c(O)c(C)cn(Cc3ccccc3Cl)c2=O)cc1. The Hall–Kier alpha value is -3.43. The molecule has 1 atom stereocenters. The molecule has 0 spiro atoms. The third-order valence-corrected chi connectivity index (χ3v) is 6.29. The molecule has 0 fully saturated rings. The Bertz CT molecular complexity index is 1260. The molecule has 1 heterocycles. The van der Waals surface area contributed by atoms with Crippen LogP contribution in [0.1, 0.15) is 29.2 Å². The summed E-state index contributed by atoms with van der Waals surface area (Å²) >= 11 is 7.74. The monoisotopic (exact) mass is 501 g/mol. The summed E-state index contributed by atoms with van der Waals surface area (Å²) in [5.41, 5.74) is 0.729. The Kier molecular flexibility index (Phi) is 8.25. The van der Waals surface area contributed by atoms with Gasteiger partial charge in [-0.25, -0.2) is 4.79 Å². The number of pyridine rings is 1. The highest BCUT2D eigenvalue weighted by Gasteiger charge is 2.21. The minimum Gasteiger partial charge on any atom is -0.505 e. The van der Waals surface area contributed by atoms with Gasteiger partial charge in [0.15, 0.2) is 5.69 Å². The van der Waals surface area contributed by atoms with E-state index in [4.69, 9.17) is 11.6 Å².